The van der Waals surface area contributed by atoms with Gasteiger partial charge in [0.2, 0.25) is 5.91 Å². The fourth-order valence-electron chi connectivity index (χ4n) is 2.44. The Morgan fingerprint density at radius 2 is 1.92 bits per heavy atom. The number of carbonyl (C=O) groups excluding carboxylic acids is 1. The molecule has 3 aromatic rings. The van der Waals surface area contributed by atoms with E-state index in [0.717, 1.165) is 11.1 Å². The van der Waals surface area contributed by atoms with E-state index in [9.17, 15) is 4.79 Å². The molecule has 0 saturated heterocycles. The molecule has 0 aliphatic rings. The molecule has 3 rings (SSSR count). The molecule has 128 valence electrons. The van der Waals surface area contributed by atoms with Crippen LogP contribution < -0.4 is 5.32 Å². The number of hydrogen-bond acceptors (Lipinski definition) is 4. The second-order valence-electron chi connectivity index (χ2n) is 5.69. The Hall–Kier alpha value is -2.66. The second-order valence-corrected chi connectivity index (χ2v) is 6.13. The van der Waals surface area contributed by atoms with Crippen LogP contribution in [0.15, 0.2) is 59.4 Å². The van der Waals surface area contributed by atoms with Crippen LogP contribution in [-0.2, 0) is 11.2 Å². The topological polar surface area (TPSA) is 68.0 Å². The van der Waals surface area contributed by atoms with Gasteiger partial charge < -0.3 is 9.73 Å². The quantitative estimate of drug-likeness (QED) is 0.719. The molecule has 5 nitrogen and oxygen atoms in total. The van der Waals surface area contributed by atoms with E-state index in [1.54, 1.807) is 30.7 Å². The lowest BCUT2D eigenvalue weighted by Gasteiger charge is -2.13. The summed E-state index contributed by atoms with van der Waals surface area (Å²) >= 11 is 5.88. The minimum atomic E-state index is -0.0651. The summed E-state index contributed by atoms with van der Waals surface area (Å²) in [6.07, 6.45) is 5.85. The van der Waals surface area contributed by atoms with Crippen LogP contribution in [0.3, 0.4) is 0 Å². The molecule has 2 aromatic heterocycles. The van der Waals surface area contributed by atoms with Gasteiger partial charge in [-0.15, -0.1) is 0 Å². The summed E-state index contributed by atoms with van der Waals surface area (Å²) in [6, 6.07) is 11.0. The van der Waals surface area contributed by atoms with Gasteiger partial charge in [-0.2, -0.15) is 0 Å². The third-order valence-corrected chi connectivity index (χ3v) is 4.08. The zero-order valence-electron chi connectivity index (χ0n) is 13.8. The number of carbonyl (C=O) groups is 1. The Balaban J connectivity index is 1.53. The van der Waals surface area contributed by atoms with Crippen LogP contribution in [0.4, 0.5) is 0 Å². The number of rotatable bonds is 6. The lowest BCUT2D eigenvalue weighted by Crippen LogP contribution is -2.26. The summed E-state index contributed by atoms with van der Waals surface area (Å²) in [4.78, 5) is 20.3. The number of amides is 1. The van der Waals surface area contributed by atoms with E-state index >= 15 is 0 Å². The zero-order valence-corrected chi connectivity index (χ0v) is 14.5. The first-order chi connectivity index (χ1) is 12.1. The average molecular weight is 356 g/mol. The van der Waals surface area contributed by atoms with Gasteiger partial charge in [0.05, 0.1) is 12.2 Å². The maximum absolute atomic E-state index is 12.1. The van der Waals surface area contributed by atoms with Gasteiger partial charge >= 0.3 is 0 Å². The van der Waals surface area contributed by atoms with Gasteiger partial charge in [0.15, 0.2) is 11.7 Å². The van der Waals surface area contributed by atoms with Gasteiger partial charge in [-0.25, -0.2) is 4.98 Å². The van der Waals surface area contributed by atoms with Crippen LogP contribution in [-0.4, -0.2) is 15.9 Å². The summed E-state index contributed by atoms with van der Waals surface area (Å²) < 4.78 is 5.71. The summed E-state index contributed by atoms with van der Waals surface area (Å²) in [5.41, 5.74) is 1.92. The molecular weight excluding hydrogens is 338 g/mol. The smallest absolute Gasteiger partial charge is 0.220 e. The van der Waals surface area contributed by atoms with Crippen molar-refractivity contribution < 1.29 is 9.21 Å². The van der Waals surface area contributed by atoms with Crippen LogP contribution in [0.2, 0.25) is 5.02 Å². The SMILES string of the molecule is C[C@@H](NC(=O)CCc1ncc(-c2ccc(Cl)cc2)o1)c1ccncc1. The van der Waals surface area contributed by atoms with E-state index in [0.29, 0.717) is 29.5 Å². The minimum absolute atomic E-state index is 0.0458. The van der Waals surface area contributed by atoms with Crippen molar-refractivity contribution in [3.63, 3.8) is 0 Å². The monoisotopic (exact) mass is 355 g/mol. The fraction of sp³-hybridized carbons (Fsp3) is 0.211. The van der Waals surface area contributed by atoms with Gasteiger partial charge in [-0.1, -0.05) is 11.6 Å². The molecule has 1 aromatic carbocycles. The molecule has 1 amide bonds. The molecule has 0 unspecified atom stereocenters. The molecule has 2 heterocycles. The Morgan fingerprint density at radius 3 is 2.64 bits per heavy atom. The van der Waals surface area contributed by atoms with E-state index in [1.807, 2.05) is 31.2 Å². The molecule has 1 atom stereocenters. The highest BCUT2D eigenvalue weighted by atomic mass is 35.5. The maximum Gasteiger partial charge on any atom is 0.220 e. The van der Waals surface area contributed by atoms with Crippen LogP contribution in [0.5, 0.6) is 0 Å². The van der Waals surface area contributed by atoms with E-state index < -0.39 is 0 Å². The molecule has 0 bridgehead atoms. The molecule has 0 fully saturated rings. The van der Waals surface area contributed by atoms with Crippen molar-refractivity contribution in [1.29, 1.82) is 0 Å². The fourth-order valence-corrected chi connectivity index (χ4v) is 2.57. The summed E-state index contributed by atoms with van der Waals surface area (Å²) in [6.45, 7) is 1.94. The van der Waals surface area contributed by atoms with E-state index in [2.05, 4.69) is 15.3 Å². The molecule has 0 radical (unpaired) electrons. The maximum atomic E-state index is 12.1. The number of nitrogens with zero attached hydrogens (tertiary/aromatic N) is 2. The predicted molar refractivity (Wildman–Crippen MR) is 96.1 cm³/mol. The average Bonchev–Trinajstić information content (AvgIpc) is 3.10. The highest BCUT2D eigenvalue weighted by Gasteiger charge is 2.12. The number of hydrogen-bond donors (Lipinski definition) is 1. The Kier molecular flexibility index (Phi) is 5.46. The molecular formula is C19H18ClN3O2. The summed E-state index contributed by atoms with van der Waals surface area (Å²) in [5.74, 6) is 1.16. The van der Waals surface area contributed by atoms with Gasteiger partial charge in [0, 0.05) is 35.8 Å². The van der Waals surface area contributed by atoms with Crippen molar-refractivity contribution in [2.75, 3.05) is 0 Å². The standard InChI is InChI=1S/C19H18ClN3O2/c1-13(14-8-10-21-11-9-14)23-18(24)6-7-19-22-12-17(25-19)15-2-4-16(20)5-3-15/h2-5,8-13H,6-7H2,1H3,(H,23,24)/t13-/m1/s1. The van der Waals surface area contributed by atoms with E-state index in [1.165, 1.54) is 0 Å². The lowest BCUT2D eigenvalue weighted by molar-refractivity contribution is -0.121. The number of benzene rings is 1. The Morgan fingerprint density at radius 1 is 1.20 bits per heavy atom. The number of aryl methyl sites for hydroxylation is 1. The van der Waals surface area contributed by atoms with Gasteiger partial charge in [0.25, 0.3) is 0 Å². The lowest BCUT2D eigenvalue weighted by atomic mass is 10.1. The minimum Gasteiger partial charge on any atom is -0.441 e. The first kappa shape index (κ1) is 17.2. The predicted octanol–water partition coefficient (Wildman–Crippen LogP) is 4.20. The summed E-state index contributed by atoms with van der Waals surface area (Å²) in [5, 5.41) is 3.63. The van der Waals surface area contributed by atoms with E-state index in [4.69, 9.17) is 16.0 Å². The van der Waals surface area contributed by atoms with Crippen molar-refractivity contribution >= 4 is 17.5 Å². The van der Waals surface area contributed by atoms with Crippen molar-refractivity contribution in [1.82, 2.24) is 15.3 Å². The van der Waals surface area contributed by atoms with Crippen molar-refractivity contribution in [2.24, 2.45) is 0 Å². The van der Waals surface area contributed by atoms with Crippen LogP contribution >= 0.6 is 11.6 Å². The first-order valence-corrected chi connectivity index (χ1v) is 8.39. The van der Waals surface area contributed by atoms with Crippen molar-refractivity contribution in [2.45, 2.75) is 25.8 Å². The highest BCUT2D eigenvalue weighted by Crippen LogP contribution is 2.22. The van der Waals surface area contributed by atoms with Gasteiger partial charge in [-0.3, -0.25) is 9.78 Å². The molecule has 0 aliphatic carbocycles. The molecule has 0 aliphatic heterocycles. The number of halogens is 1. The largest absolute Gasteiger partial charge is 0.441 e. The van der Waals surface area contributed by atoms with Gasteiger partial charge in [0.1, 0.15) is 0 Å². The number of nitrogens with one attached hydrogen (secondary N) is 1. The first-order valence-electron chi connectivity index (χ1n) is 8.02. The van der Waals surface area contributed by atoms with Crippen molar-refractivity contribution in [3.05, 3.63) is 71.5 Å². The molecule has 0 spiro atoms. The molecule has 6 heteroatoms. The molecule has 25 heavy (non-hydrogen) atoms. The molecule has 1 N–H and O–H groups in total. The zero-order chi connectivity index (χ0) is 17.6. The third-order valence-electron chi connectivity index (χ3n) is 3.83. The Bertz CT molecular complexity index is 831. The van der Waals surface area contributed by atoms with Crippen LogP contribution in [0, 0.1) is 0 Å². The van der Waals surface area contributed by atoms with Crippen molar-refractivity contribution in [3.8, 4) is 11.3 Å². The molecule has 0 saturated carbocycles. The second kappa shape index (κ2) is 7.94. The number of pyridine rings is 1. The number of oxazole rings is 1. The third kappa shape index (κ3) is 4.67. The van der Waals surface area contributed by atoms with Crippen LogP contribution in [0.25, 0.3) is 11.3 Å². The normalized spacial score (nSPS) is 11.9. The van der Waals surface area contributed by atoms with Crippen LogP contribution in [0.1, 0.15) is 30.8 Å². The Labute approximate surface area is 151 Å². The van der Waals surface area contributed by atoms with Gasteiger partial charge in [-0.05, 0) is 48.9 Å². The number of aromatic nitrogens is 2. The summed E-state index contributed by atoms with van der Waals surface area (Å²) in [7, 11) is 0. The van der Waals surface area contributed by atoms with E-state index in [-0.39, 0.29) is 11.9 Å². The highest BCUT2D eigenvalue weighted by molar-refractivity contribution is 6.30.